The van der Waals surface area contributed by atoms with E-state index in [1.165, 1.54) is 59.1 Å². The molecule has 0 saturated carbocycles. The molecule has 4 heteroatoms. The number of carbonyl (C=O) groups excluding carboxylic acids is 1. The van der Waals surface area contributed by atoms with Gasteiger partial charge in [-0.2, -0.15) is 0 Å². The van der Waals surface area contributed by atoms with E-state index in [2.05, 4.69) is 97.9 Å². The van der Waals surface area contributed by atoms with Crippen molar-refractivity contribution in [2.75, 3.05) is 19.6 Å². The van der Waals surface area contributed by atoms with Gasteiger partial charge in [-0.05, 0) is 92.3 Å². The van der Waals surface area contributed by atoms with E-state index in [4.69, 9.17) is 0 Å². The van der Waals surface area contributed by atoms with Crippen molar-refractivity contribution >= 4 is 5.91 Å². The molecule has 1 saturated heterocycles. The first kappa shape index (κ1) is 30.0. The lowest BCUT2D eigenvalue weighted by molar-refractivity contribution is 0.0540. The van der Waals surface area contributed by atoms with Crippen molar-refractivity contribution in [1.29, 1.82) is 0 Å². The summed E-state index contributed by atoms with van der Waals surface area (Å²) in [4.78, 5) is 23.3. The number of unbranched alkanes of at least 4 members (excludes halogenated alkanes) is 2. The van der Waals surface area contributed by atoms with Crippen molar-refractivity contribution in [2.24, 2.45) is 5.92 Å². The van der Waals surface area contributed by atoms with Gasteiger partial charge in [-0.15, -0.1) is 0 Å². The zero-order valence-corrected chi connectivity index (χ0v) is 25.5. The Bertz CT molecular complexity index is 1210. The summed E-state index contributed by atoms with van der Waals surface area (Å²) in [7, 11) is 0. The Hall–Kier alpha value is -2.98. The highest BCUT2D eigenvalue weighted by atomic mass is 16.2. The van der Waals surface area contributed by atoms with Gasteiger partial charge in [0.25, 0.3) is 5.91 Å². The number of aromatic nitrogens is 1. The highest BCUT2D eigenvalue weighted by Gasteiger charge is 2.29. The monoisotopic (exact) mass is 539 g/mol. The van der Waals surface area contributed by atoms with Crippen molar-refractivity contribution in [2.45, 2.75) is 92.2 Å². The van der Waals surface area contributed by atoms with E-state index in [1.54, 1.807) is 0 Å². The van der Waals surface area contributed by atoms with Crippen LogP contribution in [0, 0.1) is 19.8 Å². The number of hydrogen-bond donors (Lipinski definition) is 0. The van der Waals surface area contributed by atoms with Gasteiger partial charge in [0.1, 0.15) is 5.69 Å². The molecule has 1 fully saturated rings. The number of rotatable bonds is 12. The van der Waals surface area contributed by atoms with Crippen LogP contribution >= 0.6 is 0 Å². The molecule has 0 radical (unpaired) electrons. The lowest BCUT2D eigenvalue weighted by Crippen LogP contribution is -2.47. The number of nitrogens with zero attached hydrogens (tertiary/aromatic N) is 3. The zero-order valence-electron chi connectivity index (χ0n) is 25.5. The number of hydrogen-bond acceptors (Lipinski definition) is 3. The largest absolute Gasteiger partial charge is 0.330 e. The van der Waals surface area contributed by atoms with Gasteiger partial charge in [0.05, 0.1) is 0 Å². The number of aryl methyl sites for hydroxylation is 3. The number of carbonyl (C=O) groups is 1. The predicted molar refractivity (Wildman–Crippen MR) is 168 cm³/mol. The van der Waals surface area contributed by atoms with Crippen LogP contribution in [0.25, 0.3) is 11.1 Å². The Labute approximate surface area is 242 Å². The van der Waals surface area contributed by atoms with Crippen LogP contribution in [0.3, 0.4) is 0 Å². The molecule has 1 amide bonds. The molecule has 0 bridgehead atoms. The average Bonchev–Trinajstić information content (AvgIpc) is 2.97. The van der Waals surface area contributed by atoms with Gasteiger partial charge < -0.3 is 9.80 Å². The summed E-state index contributed by atoms with van der Waals surface area (Å²) in [6, 6.07) is 19.7. The smallest absolute Gasteiger partial charge is 0.272 e. The maximum Gasteiger partial charge on any atom is 0.272 e. The SMILES string of the molecule is CCCCCc1ccc(C(=O)N(Cc2ccc(-c3cc(C)ccc3C)cc2)C2CCN(CCC(C)C)CC2)nc1. The minimum absolute atomic E-state index is 0.0549. The Morgan fingerprint density at radius 1 is 0.975 bits per heavy atom. The van der Waals surface area contributed by atoms with E-state index in [-0.39, 0.29) is 11.9 Å². The van der Waals surface area contributed by atoms with Gasteiger partial charge in [-0.3, -0.25) is 9.78 Å². The molecule has 4 nitrogen and oxygen atoms in total. The van der Waals surface area contributed by atoms with Gasteiger partial charge in [0.2, 0.25) is 0 Å². The molecular formula is C36H49N3O. The quantitative estimate of drug-likeness (QED) is 0.217. The lowest BCUT2D eigenvalue weighted by atomic mass is 9.97. The van der Waals surface area contributed by atoms with E-state index in [9.17, 15) is 4.79 Å². The first-order valence-corrected chi connectivity index (χ1v) is 15.5. The zero-order chi connectivity index (χ0) is 28.5. The summed E-state index contributed by atoms with van der Waals surface area (Å²) in [5, 5.41) is 0. The van der Waals surface area contributed by atoms with Crippen LogP contribution in [0.15, 0.2) is 60.8 Å². The molecule has 214 valence electrons. The Morgan fingerprint density at radius 3 is 2.35 bits per heavy atom. The summed E-state index contributed by atoms with van der Waals surface area (Å²) in [6.45, 7) is 15.0. The Balaban J connectivity index is 1.51. The van der Waals surface area contributed by atoms with Crippen molar-refractivity contribution in [3.8, 4) is 11.1 Å². The first-order valence-electron chi connectivity index (χ1n) is 15.5. The van der Waals surface area contributed by atoms with Crippen LogP contribution in [0.4, 0.5) is 0 Å². The number of pyridine rings is 1. The van der Waals surface area contributed by atoms with Crippen LogP contribution in [-0.4, -0.2) is 46.4 Å². The minimum Gasteiger partial charge on any atom is -0.330 e. The normalized spacial score (nSPS) is 14.6. The van der Waals surface area contributed by atoms with Gasteiger partial charge in [-0.1, -0.05) is 87.7 Å². The van der Waals surface area contributed by atoms with Crippen LogP contribution in [0.2, 0.25) is 0 Å². The molecule has 40 heavy (non-hydrogen) atoms. The van der Waals surface area contributed by atoms with Gasteiger partial charge in [0, 0.05) is 31.9 Å². The molecule has 0 spiro atoms. The highest BCUT2D eigenvalue weighted by molar-refractivity contribution is 5.92. The molecule has 1 aliphatic rings. The molecule has 3 aromatic rings. The van der Waals surface area contributed by atoms with Crippen LogP contribution in [-0.2, 0) is 13.0 Å². The van der Waals surface area contributed by atoms with E-state index in [0.29, 0.717) is 12.2 Å². The highest BCUT2D eigenvalue weighted by Crippen LogP contribution is 2.27. The second-order valence-electron chi connectivity index (χ2n) is 12.2. The third-order valence-electron chi connectivity index (χ3n) is 8.41. The van der Waals surface area contributed by atoms with Gasteiger partial charge in [-0.25, -0.2) is 0 Å². The van der Waals surface area contributed by atoms with E-state index >= 15 is 0 Å². The van der Waals surface area contributed by atoms with E-state index in [0.717, 1.165) is 44.8 Å². The summed E-state index contributed by atoms with van der Waals surface area (Å²) < 4.78 is 0. The second kappa shape index (κ2) is 14.6. The second-order valence-corrected chi connectivity index (χ2v) is 12.2. The fraction of sp³-hybridized carbons (Fsp3) is 0.500. The minimum atomic E-state index is 0.0549. The molecule has 0 aliphatic carbocycles. The number of amides is 1. The molecule has 0 N–H and O–H groups in total. The molecule has 2 heterocycles. The van der Waals surface area contributed by atoms with E-state index in [1.807, 2.05) is 12.3 Å². The fourth-order valence-electron chi connectivity index (χ4n) is 5.72. The Morgan fingerprint density at radius 2 is 1.70 bits per heavy atom. The Kier molecular flexibility index (Phi) is 10.9. The van der Waals surface area contributed by atoms with Crippen LogP contribution < -0.4 is 0 Å². The average molecular weight is 540 g/mol. The third kappa shape index (κ3) is 8.27. The molecule has 1 aromatic heterocycles. The van der Waals surface area contributed by atoms with E-state index < -0.39 is 0 Å². The summed E-state index contributed by atoms with van der Waals surface area (Å²) >= 11 is 0. The van der Waals surface area contributed by atoms with Crippen molar-refractivity contribution in [1.82, 2.24) is 14.8 Å². The fourth-order valence-corrected chi connectivity index (χ4v) is 5.72. The molecule has 0 atom stereocenters. The standard InChI is InChI=1S/C36H49N3O/c1-6-7-8-9-30-14-17-35(37-25-30)36(40)39(33-19-22-38(23-20-33)21-18-27(2)3)26-31-12-15-32(16-13-31)34-24-28(4)10-11-29(34)5/h10-17,24-25,27,33H,6-9,18-23,26H2,1-5H3. The number of benzene rings is 2. The third-order valence-corrected chi connectivity index (χ3v) is 8.41. The number of piperidine rings is 1. The van der Waals surface area contributed by atoms with Crippen molar-refractivity contribution in [3.63, 3.8) is 0 Å². The molecule has 0 unspecified atom stereocenters. The maximum absolute atomic E-state index is 13.9. The predicted octanol–water partition coefficient (Wildman–Crippen LogP) is 8.25. The number of likely N-dealkylation sites (tertiary alicyclic amines) is 1. The lowest BCUT2D eigenvalue weighted by Gasteiger charge is -2.39. The van der Waals surface area contributed by atoms with Crippen molar-refractivity contribution < 1.29 is 4.79 Å². The molecule has 1 aliphatic heterocycles. The first-order chi connectivity index (χ1) is 19.3. The topological polar surface area (TPSA) is 36.4 Å². The maximum atomic E-state index is 13.9. The molecule has 4 rings (SSSR count). The van der Waals surface area contributed by atoms with Crippen LogP contribution in [0.5, 0.6) is 0 Å². The van der Waals surface area contributed by atoms with Crippen molar-refractivity contribution in [3.05, 3.63) is 88.7 Å². The summed E-state index contributed by atoms with van der Waals surface area (Å²) in [5.74, 6) is 0.776. The van der Waals surface area contributed by atoms with Gasteiger partial charge >= 0.3 is 0 Å². The molecular weight excluding hydrogens is 490 g/mol. The summed E-state index contributed by atoms with van der Waals surface area (Å²) in [5.41, 5.74) is 8.00. The summed E-state index contributed by atoms with van der Waals surface area (Å²) in [6.07, 6.45) is 9.81. The van der Waals surface area contributed by atoms with Crippen LogP contribution in [0.1, 0.15) is 92.0 Å². The van der Waals surface area contributed by atoms with Gasteiger partial charge in [0.15, 0.2) is 0 Å². The molecule has 2 aromatic carbocycles.